The summed E-state index contributed by atoms with van der Waals surface area (Å²) in [7, 11) is 0. The molecule has 0 aliphatic carbocycles. The molecular weight excluding hydrogens is 418 g/mol. The summed E-state index contributed by atoms with van der Waals surface area (Å²) in [5.41, 5.74) is 0.826. The Morgan fingerprint density at radius 2 is 2.21 bits per heavy atom. The van der Waals surface area contributed by atoms with E-state index in [0.717, 1.165) is 5.01 Å². The van der Waals surface area contributed by atoms with Gasteiger partial charge in [-0.1, -0.05) is 35.2 Å². The quantitative estimate of drug-likeness (QED) is 0.293. The highest BCUT2D eigenvalue weighted by Crippen LogP contribution is 2.32. The van der Waals surface area contributed by atoms with Gasteiger partial charge in [0.1, 0.15) is 5.01 Å². The maximum atomic E-state index is 12.7. The van der Waals surface area contributed by atoms with Crippen LogP contribution < -0.4 is 10.6 Å². The largest absolute Gasteiger partial charge is 0.463 e. The van der Waals surface area contributed by atoms with Gasteiger partial charge in [0.05, 0.1) is 23.1 Å². The predicted octanol–water partition coefficient (Wildman–Crippen LogP) is 2.72. The highest BCUT2D eigenvalue weighted by molar-refractivity contribution is 8.01. The molecule has 12 heteroatoms. The van der Waals surface area contributed by atoms with Crippen molar-refractivity contribution in [3.8, 4) is 0 Å². The van der Waals surface area contributed by atoms with E-state index in [4.69, 9.17) is 4.74 Å². The third kappa shape index (κ3) is 4.90. The number of carbonyl (C=O) groups is 2. The van der Waals surface area contributed by atoms with Gasteiger partial charge in [-0.05, 0) is 19.4 Å². The van der Waals surface area contributed by atoms with Crippen molar-refractivity contribution in [2.24, 2.45) is 0 Å². The van der Waals surface area contributed by atoms with E-state index in [1.165, 1.54) is 41.3 Å². The van der Waals surface area contributed by atoms with Gasteiger partial charge < -0.3 is 15.4 Å². The number of ether oxygens (including phenoxy) is 1. The van der Waals surface area contributed by atoms with Crippen LogP contribution in [0.2, 0.25) is 0 Å². The molecule has 0 unspecified atom stereocenters. The Morgan fingerprint density at radius 3 is 2.86 bits per heavy atom. The first-order chi connectivity index (χ1) is 13.9. The maximum Gasteiger partial charge on any atom is 0.338 e. The molecule has 152 valence electrons. The Kier molecular flexibility index (Phi) is 6.44. The molecule has 0 bridgehead atoms. The maximum absolute atomic E-state index is 12.7. The van der Waals surface area contributed by atoms with Gasteiger partial charge in [0.25, 0.3) is 5.69 Å². The number of aromatic nitrogens is 2. The second-order valence-electron chi connectivity index (χ2n) is 5.87. The molecule has 1 aliphatic heterocycles. The number of nitrogens with one attached hydrogen (secondary N) is 2. The highest BCUT2D eigenvalue weighted by Gasteiger charge is 2.34. The first kappa shape index (κ1) is 20.7. The third-order valence-electron chi connectivity index (χ3n) is 3.91. The minimum Gasteiger partial charge on any atom is -0.463 e. The van der Waals surface area contributed by atoms with Gasteiger partial charge in [0, 0.05) is 23.6 Å². The van der Waals surface area contributed by atoms with Gasteiger partial charge in [0.2, 0.25) is 0 Å². The number of aryl methyl sites for hydroxylation is 1. The van der Waals surface area contributed by atoms with Crippen LogP contribution in [0.5, 0.6) is 0 Å². The van der Waals surface area contributed by atoms with Gasteiger partial charge in [-0.2, -0.15) is 0 Å². The van der Waals surface area contributed by atoms with E-state index in [-0.39, 0.29) is 23.6 Å². The van der Waals surface area contributed by atoms with Crippen molar-refractivity contribution in [2.45, 2.75) is 24.2 Å². The number of esters is 1. The molecular formula is C17H17N5O5S2. The van der Waals surface area contributed by atoms with E-state index in [9.17, 15) is 19.7 Å². The first-order valence-electron chi connectivity index (χ1n) is 8.54. The lowest BCUT2D eigenvalue weighted by Gasteiger charge is -2.29. The van der Waals surface area contributed by atoms with Gasteiger partial charge in [-0.25, -0.2) is 9.59 Å². The molecule has 0 radical (unpaired) electrons. The molecule has 29 heavy (non-hydrogen) atoms. The molecule has 3 rings (SSSR count). The van der Waals surface area contributed by atoms with Crippen LogP contribution in [0.3, 0.4) is 0 Å². The van der Waals surface area contributed by atoms with Crippen LogP contribution in [-0.2, 0) is 9.53 Å². The summed E-state index contributed by atoms with van der Waals surface area (Å²) >= 11 is 2.72. The van der Waals surface area contributed by atoms with Crippen LogP contribution in [0.25, 0.3) is 0 Å². The van der Waals surface area contributed by atoms with Crippen LogP contribution in [0.1, 0.15) is 23.5 Å². The van der Waals surface area contributed by atoms with Crippen molar-refractivity contribution >= 4 is 40.8 Å². The molecule has 0 saturated heterocycles. The van der Waals surface area contributed by atoms with Gasteiger partial charge in [-0.15, -0.1) is 10.2 Å². The lowest BCUT2D eigenvalue weighted by molar-refractivity contribution is -0.384. The minimum absolute atomic E-state index is 0.140. The Labute approximate surface area is 173 Å². The zero-order valence-electron chi connectivity index (χ0n) is 15.5. The number of nitrogens with zero attached hydrogens (tertiary/aromatic N) is 3. The lowest BCUT2D eigenvalue weighted by Crippen LogP contribution is -2.46. The van der Waals surface area contributed by atoms with E-state index in [2.05, 4.69) is 20.8 Å². The number of urea groups is 1. The molecule has 1 aromatic heterocycles. The number of nitro benzene ring substituents is 1. The standard InChI is InChI=1S/C17H17N5O5S2/c1-3-27-15(23)13-12(8-28-17-21-20-9(2)29-17)18-16(24)19-14(13)10-5-4-6-11(7-10)22(25)26/h4-7,14H,3,8H2,1-2H3,(H2,18,19,24)/t14-/m1/s1. The fraction of sp³-hybridized carbons (Fsp3) is 0.294. The highest BCUT2D eigenvalue weighted by atomic mass is 32.2. The van der Waals surface area contributed by atoms with Crippen molar-refractivity contribution in [2.75, 3.05) is 12.4 Å². The lowest BCUT2D eigenvalue weighted by atomic mass is 9.95. The molecule has 10 nitrogen and oxygen atoms in total. The number of non-ortho nitro benzene ring substituents is 1. The normalized spacial score (nSPS) is 16.2. The molecule has 0 spiro atoms. The number of hydrogen-bond acceptors (Lipinski definition) is 9. The van der Waals surface area contributed by atoms with Crippen LogP contribution in [0, 0.1) is 17.0 Å². The molecule has 1 aliphatic rings. The van der Waals surface area contributed by atoms with Crippen molar-refractivity contribution in [1.82, 2.24) is 20.8 Å². The summed E-state index contributed by atoms with van der Waals surface area (Å²) in [6, 6.07) is 4.39. The smallest absolute Gasteiger partial charge is 0.338 e. The minimum atomic E-state index is -0.880. The first-order valence-corrected chi connectivity index (χ1v) is 10.3. The Balaban J connectivity index is 2.00. The van der Waals surface area contributed by atoms with Crippen LogP contribution in [-0.4, -0.2) is 39.5 Å². The van der Waals surface area contributed by atoms with Crippen molar-refractivity contribution in [3.05, 3.63) is 56.2 Å². The number of thioether (sulfide) groups is 1. The molecule has 1 atom stereocenters. The molecule has 2 aromatic rings. The molecule has 2 heterocycles. The van der Waals surface area contributed by atoms with Crippen molar-refractivity contribution in [1.29, 1.82) is 0 Å². The SMILES string of the molecule is CCOC(=O)C1=C(CSc2nnc(C)s2)NC(=O)N[C@@H]1c1cccc([N+](=O)[O-])c1. The molecule has 1 aromatic carbocycles. The molecule has 0 fully saturated rings. The molecule has 0 saturated carbocycles. The van der Waals surface area contributed by atoms with E-state index in [0.29, 0.717) is 15.6 Å². The fourth-order valence-corrected chi connectivity index (χ4v) is 4.50. The number of nitro groups is 1. The second kappa shape index (κ2) is 9.01. The topological polar surface area (TPSA) is 136 Å². The predicted molar refractivity (Wildman–Crippen MR) is 107 cm³/mol. The van der Waals surface area contributed by atoms with Gasteiger partial charge in [-0.3, -0.25) is 10.1 Å². The summed E-state index contributed by atoms with van der Waals surface area (Å²) in [5.74, 6) is -0.359. The zero-order valence-corrected chi connectivity index (χ0v) is 17.1. The summed E-state index contributed by atoms with van der Waals surface area (Å²) in [4.78, 5) is 35.5. The summed E-state index contributed by atoms with van der Waals surface area (Å²) in [6.07, 6.45) is 0. The molecule has 2 N–H and O–H groups in total. The van der Waals surface area contributed by atoms with E-state index in [1.807, 2.05) is 6.92 Å². The van der Waals surface area contributed by atoms with Crippen LogP contribution in [0.4, 0.5) is 10.5 Å². The summed E-state index contributed by atoms with van der Waals surface area (Å²) in [5, 5.41) is 25.2. The van der Waals surface area contributed by atoms with E-state index in [1.54, 1.807) is 13.0 Å². The van der Waals surface area contributed by atoms with Crippen LogP contribution in [0.15, 0.2) is 39.9 Å². The third-order valence-corrected chi connectivity index (χ3v) is 5.91. The number of carbonyl (C=O) groups excluding carboxylic acids is 2. The Morgan fingerprint density at radius 1 is 1.41 bits per heavy atom. The number of hydrogen-bond donors (Lipinski definition) is 2. The van der Waals surface area contributed by atoms with Gasteiger partial charge in [0.15, 0.2) is 4.34 Å². The molecule has 2 amide bonds. The monoisotopic (exact) mass is 435 g/mol. The van der Waals surface area contributed by atoms with E-state index < -0.39 is 23.0 Å². The number of rotatable bonds is 7. The van der Waals surface area contributed by atoms with Gasteiger partial charge >= 0.3 is 12.0 Å². The van der Waals surface area contributed by atoms with Crippen molar-refractivity contribution in [3.63, 3.8) is 0 Å². The van der Waals surface area contributed by atoms with Crippen LogP contribution >= 0.6 is 23.1 Å². The summed E-state index contributed by atoms with van der Waals surface area (Å²) < 4.78 is 5.87. The average molecular weight is 435 g/mol. The fourth-order valence-electron chi connectivity index (χ4n) is 2.72. The summed E-state index contributed by atoms with van der Waals surface area (Å²) in [6.45, 7) is 3.65. The number of amides is 2. The Bertz CT molecular complexity index is 990. The zero-order chi connectivity index (χ0) is 21.0. The van der Waals surface area contributed by atoms with Crippen molar-refractivity contribution < 1.29 is 19.2 Å². The average Bonchev–Trinajstić information content (AvgIpc) is 3.11. The second-order valence-corrected chi connectivity index (χ2v) is 8.28. The number of benzene rings is 1. The Hall–Kier alpha value is -2.99. The van der Waals surface area contributed by atoms with E-state index >= 15 is 0 Å².